The first-order chi connectivity index (χ1) is 10.9. The Bertz CT molecular complexity index is 902. The Balaban J connectivity index is 1.69. The lowest BCUT2D eigenvalue weighted by Gasteiger charge is -2.03. The second-order valence-corrected chi connectivity index (χ2v) is 4.75. The standard InChI is InChI=1S/C16H12N6/c1-2-6-18-14(3-1)22-15-9-12-13(10-19-15)21-16(20-12)11-4-7-17-8-5-11/h1-10H,(H,20,21)(H,18,19,22). The highest BCUT2D eigenvalue weighted by atomic mass is 15.1. The maximum absolute atomic E-state index is 4.60. The van der Waals surface area contributed by atoms with Gasteiger partial charge in [-0.15, -0.1) is 0 Å². The van der Waals surface area contributed by atoms with Gasteiger partial charge in [-0.3, -0.25) is 4.98 Å². The van der Waals surface area contributed by atoms with Crippen LogP contribution in [-0.4, -0.2) is 24.9 Å². The summed E-state index contributed by atoms with van der Waals surface area (Å²) in [6.45, 7) is 0. The zero-order chi connectivity index (χ0) is 14.8. The number of nitrogens with zero attached hydrogens (tertiary/aromatic N) is 4. The zero-order valence-corrected chi connectivity index (χ0v) is 11.6. The molecule has 0 aromatic carbocycles. The quantitative estimate of drug-likeness (QED) is 0.605. The van der Waals surface area contributed by atoms with Gasteiger partial charge in [-0.1, -0.05) is 6.07 Å². The molecule has 0 fully saturated rings. The molecule has 6 heteroatoms. The Morgan fingerprint density at radius 3 is 2.64 bits per heavy atom. The van der Waals surface area contributed by atoms with E-state index in [-0.39, 0.29) is 0 Å². The predicted octanol–water partition coefficient (Wildman–Crippen LogP) is 3.16. The molecule has 4 aromatic rings. The predicted molar refractivity (Wildman–Crippen MR) is 84.6 cm³/mol. The van der Waals surface area contributed by atoms with Gasteiger partial charge in [0.2, 0.25) is 0 Å². The molecule has 0 aliphatic carbocycles. The van der Waals surface area contributed by atoms with E-state index < -0.39 is 0 Å². The molecule has 4 rings (SSSR count). The second-order valence-electron chi connectivity index (χ2n) is 4.75. The zero-order valence-electron chi connectivity index (χ0n) is 11.6. The molecule has 0 radical (unpaired) electrons. The molecule has 0 aliphatic rings. The Morgan fingerprint density at radius 2 is 1.82 bits per heavy atom. The van der Waals surface area contributed by atoms with Crippen molar-refractivity contribution < 1.29 is 0 Å². The third-order valence-corrected chi connectivity index (χ3v) is 3.24. The van der Waals surface area contributed by atoms with Crippen LogP contribution in [0.4, 0.5) is 11.6 Å². The Morgan fingerprint density at radius 1 is 0.909 bits per heavy atom. The third-order valence-electron chi connectivity index (χ3n) is 3.24. The highest BCUT2D eigenvalue weighted by Crippen LogP contribution is 2.21. The molecule has 22 heavy (non-hydrogen) atoms. The van der Waals surface area contributed by atoms with E-state index in [1.54, 1.807) is 24.8 Å². The SMILES string of the molecule is c1ccc(Nc2cc3nc(-c4ccncc4)[nH]c3cn2)nc1. The normalized spacial score (nSPS) is 10.7. The molecule has 4 heterocycles. The molecule has 0 atom stereocenters. The van der Waals surface area contributed by atoms with Crippen molar-refractivity contribution in [3.05, 3.63) is 61.2 Å². The number of nitrogens with one attached hydrogen (secondary N) is 2. The molecule has 4 aromatic heterocycles. The monoisotopic (exact) mass is 288 g/mol. The molecular formula is C16H12N6. The summed E-state index contributed by atoms with van der Waals surface area (Å²) in [7, 11) is 0. The molecule has 0 unspecified atom stereocenters. The van der Waals surface area contributed by atoms with Gasteiger partial charge in [-0.05, 0) is 24.3 Å². The first-order valence-electron chi connectivity index (χ1n) is 6.83. The van der Waals surface area contributed by atoms with Crippen LogP contribution < -0.4 is 5.32 Å². The van der Waals surface area contributed by atoms with Crippen LogP contribution in [0, 0.1) is 0 Å². The van der Waals surface area contributed by atoms with Crippen molar-refractivity contribution in [2.45, 2.75) is 0 Å². The summed E-state index contributed by atoms with van der Waals surface area (Å²) in [5.41, 5.74) is 2.73. The molecule has 106 valence electrons. The number of rotatable bonds is 3. The molecular weight excluding hydrogens is 276 g/mol. The van der Waals surface area contributed by atoms with Crippen molar-refractivity contribution in [3.8, 4) is 11.4 Å². The Kier molecular flexibility index (Phi) is 2.97. The topological polar surface area (TPSA) is 79.4 Å². The van der Waals surface area contributed by atoms with Crippen molar-refractivity contribution in [1.29, 1.82) is 0 Å². The number of hydrogen-bond donors (Lipinski definition) is 2. The minimum atomic E-state index is 0.707. The van der Waals surface area contributed by atoms with Crippen molar-refractivity contribution in [2.24, 2.45) is 0 Å². The van der Waals surface area contributed by atoms with Gasteiger partial charge in [0.15, 0.2) is 0 Å². The van der Waals surface area contributed by atoms with E-state index in [0.29, 0.717) is 5.82 Å². The Labute approximate surface area is 126 Å². The van der Waals surface area contributed by atoms with E-state index in [1.165, 1.54) is 0 Å². The number of aromatic amines is 1. The van der Waals surface area contributed by atoms with Gasteiger partial charge in [-0.25, -0.2) is 15.0 Å². The number of anilines is 2. The van der Waals surface area contributed by atoms with Gasteiger partial charge in [0.25, 0.3) is 0 Å². The molecule has 0 spiro atoms. The van der Waals surface area contributed by atoms with Crippen LogP contribution in [0.2, 0.25) is 0 Å². The van der Waals surface area contributed by atoms with Gasteiger partial charge >= 0.3 is 0 Å². The van der Waals surface area contributed by atoms with E-state index in [4.69, 9.17) is 0 Å². The number of H-pyrrole nitrogens is 1. The summed E-state index contributed by atoms with van der Waals surface area (Å²) in [6.07, 6.45) is 6.99. The first-order valence-corrected chi connectivity index (χ1v) is 6.83. The van der Waals surface area contributed by atoms with Gasteiger partial charge < -0.3 is 10.3 Å². The van der Waals surface area contributed by atoms with Crippen LogP contribution in [0.15, 0.2) is 61.2 Å². The minimum Gasteiger partial charge on any atom is -0.337 e. The average Bonchev–Trinajstić information content (AvgIpc) is 3.00. The molecule has 2 N–H and O–H groups in total. The lowest BCUT2D eigenvalue weighted by atomic mass is 10.2. The van der Waals surface area contributed by atoms with Crippen LogP contribution in [0.5, 0.6) is 0 Å². The lowest BCUT2D eigenvalue weighted by molar-refractivity contribution is 1.26. The summed E-state index contributed by atoms with van der Waals surface area (Å²) in [5, 5.41) is 3.16. The molecule has 0 saturated carbocycles. The van der Waals surface area contributed by atoms with Crippen molar-refractivity contribution in [2.75, 3.05) is 5.32 Å². The highest BCUT2D eigenvalue weighted by molar-refractivity contribution is 5.81. The third kappa shape index (κ3) is 2.37. The summed E-state index contributed by atoms with van der Waals surface area (Å²) < 4.78 is 0. The summed E-state index contributed by atoms with van der Waals surface area (Å²) in [4.78, 5) is 20.5. The number of pyridine rings is 3. The van der Waals surface area contributed by atoms with E-state index in [0.717, 1.165) is 28.2 Å². The highest BCUT2D eigenvalue weighted by Gasteiger charge is 2.07. The summed E-state index contributed by atoms with van der Waals surface area (Å²) in [5.74, 6) is 2.26. The number of hydrogen-bond acceptors (Lipinski definition) is 5. The van der Waals surface area contributed by atoms with E-state index >= 15 is 0 Å². The van der Waals surface area contributed by atoms with Gasteiger partial charge in [0.05, 0.1) is 17.2 Å². The van der Waals surface area contributed by atoms with E-state index in [1.807, 2.05) is 36.4 Å². The Hall–Kier alpha value is -3.28. The molecule has 0 amide bonds. The second kappa shape index (κ2) is 5.25. The van der Waals surface area contributed by atoms with Gasteiger partial charge in [-0.2, -0.15) is 0 Å². The maximum Gasteiger partial charge on any atom is 0.138 e. The minimum absolute atomic E-state index is 0.707. The molecule has 0 aliphatic heterocycles. The lowest BCUT2D eigenvalue weighted by Crippen LogP contribution is -1.94. The van der Waals surface area contributed by atoms with Crippen LogP contribution in [0.25, 0.3) is 22.4 Å². The van der Waals surface area contributed by atoms with Crippen molar-refractivity contribution >= 4 is 22.7 Å². The fourth-order valence-corrected chi connectivity index (χ4v) is 2.19. The molecule has 0 saturated heterocycles. The van der Waals surface area contributed by atoms with E-state index in [9.17, 15) is 0 Å². The van der Waals surface area contributed by atoms with Gasteiger partial charge in [0.1, 0.15) is 17.5 Å². The first kappa shape index (κ1) is 12.5. The molecule has 6 nitrogen and oxygen atoms in total. The fraction of sp³-hybridized carbons (Fsp3) is 0. The largest absolute Gasteiger partial charge is 0.337 e. The summed E-state index contributed by atoms with van der Waals surface area (Å²) in [6, 6.07) is 11.4. The smallest absolute Gasteiger partial charge is 0.138 e. The number of fused-ring (bicyclic) bond motifs is 1. The van der Waals surface area contributed by atoms with Crippen molar-refractivity contribution in [3.63, 3.8) is 0 Å². The van der Waals surface area contributed by atoms with Crippen LogP contribution in [0.1, 0.15) is 0 Å². The summed E-state index contributed by atoms with van der Waals surface area (Å²) >= 11 is 0. The average molecular weight is 288 g/mol. The number of imidazole rings is 1. The van der Waals surface area contributed by atoms with Crippen molar-refractivity contribution in [1.82, 2.24) is 24.9 Å². The van der Waals surface area contributed by atoms with Crippen LogP contribution in [0.3, 0.4) is 0 Å². The number of aromatic nitrogens is 5. The van der Waals surface area contributed by atoms with E-state index in [2.05, 4.69) is 30.2 Å². The molecule has 0 bridgehead atoms. The van der Waals surface area contributed by atoms with Gasteiger partial charge in [0, 0.05) is 30.2 Å². The fourth-order valence-electron chi connectivity index (χ4n) is 2.19. The van der Waals surface area contributed by atoms with Crippen LogP contribution >= 0.6 is 0 Å². The maximum atomic E-state index is 4.60. The van der Waals surface area contributed by atoms with Crippen LogP contribution in [-0.2, 0) is 0 Å².